The van der Waals surface area contributed by atoms with Crippen molar-refractivity contribution in [3.63, 3.8) is 0 Å². The molecule has 0 unspecified atom stereocenters. The molecule has 0 aliphatic heterocycles. The van der Waals surface area contributed by atoms with Crippen LogP contribution in [-0.2, 0) is 80.3 Å². The predicted octanol–water partition coefficient (Wildman–Crippen LogP) is -0.507. The molecule has 5 heteroatoms. The predicted molar refractivity (Wildman–Crippen MR) is 6.44 cm³/mol. The summed E-state index contributed by atoms with van der Waals surface area (Å²) in [5, 5.41) is 0. The average Bonchev–Trinajstić information content (AvgIpc) is 0. The Morgan fingerprint density at radius 2 is 1.00 bits per heavy atom. The van der Waals surface area contributed by atoms with Gasteiger partial charge in [-0.3, -0.25) is 0 Å². The Labute approximate surface area is 126 Å². The van der Waals surface area contributed by atoms with Gasteiger partial charge in [0.2, 0.25) is 0 Å². The zero-order chi connectivity index (χ0) is 0. The van der Waals surface area contributed by atoms with E-state index in [-0.39, 0.29) is 129 Å². The molecule has 0 atom stereocenters. The van der Waals surface area contributed by atoms with E-state index in [4.69, 9.17) is 0 Å². The third-order valence-corrected chi connectivity index (χ3v) is 0. The first-order chi connectivity index (χ1) is 0. The Morgan fingerprint density at radius 1 is 1.00 bits per heavy atom. The van der Waals surface area contributed by atoms with Crippen LogP contribution in [0.4, 0.5) is 0 Å². The van der Waals surface area contributed by atoms with Gasteiger partial charge in [0.05, 0.1) is 0 Å². The van der Waals surface area contributed by atoms with Crippen LogP contribution in [0.1, 0.15) is 0 Å². The molecule has 27 valence electrons. The van der Waals surface area contributed by atoms with Crippen molar-refractivity contribution in [1.29, 1.82) is 0 Å². The largest absolute Gasteiger partial charge is 2.00 e. The number of hydrogen-bond donors (Lipinski definition) is 0. The smallest absolute Gasteiger partial charge is 2.00 e. The van der Waals surface area contributed by atoms with Gasteiger partial charge in [-0.15, -0.1) is 0 Å². The molecule has 0 spiro atoms. The van der Waals surface area contributed by atoms with Crippen molar-refractivity contribution >= 4 is 48.9 Å². The van der Waals surface area contributed by atoms with E-state index in [1.807, 2.05) is 0 Å². The summed E-state index contributed by atoms with van der Waals surface area (Å²) in [6, 6.07) is 0. The van der Waals surface area contributed by atoms with Crippen molar-refractivity contribution < 1.29 is 80.3 Å². The van der Waals surface area contributed by atoms with Crippen LogP contribution < -0.4 is 0 Å². The first-order valence-electron chi connectivity index (χ1n) is 0. The van der Waals surface area contributed by atoms with Gasteiger partial charge in [0, 0.05) is 74.8 Å². The minimum Gasteiger partial charge on any atom is -2.00 e. The van der Waals surface area contributed by atoms with Gasteiger partial charge in [-0.25, -0.2) is 0 Å². The molecule has 5 heavy (non-hydrogen) atoms. The Balaban J connectivity index is 0. The molecule has 0 aliphatic carbocycles. The molecule has 0 aromatic heterocycles. The van der Waals surface area contributed by atoms with Crippen molar-refractivity contribution in [2.45, 2.75) is 0 Å². The second-order valence-corrected chi connectivity index (χ2v) is 0. The van der Waals surface area contributed by atoms with Gasteiger partial charge in [-0.1, -0.05) is 0 Å². The Kier molecular flexibility index (Phi) is 176. The topological polar surface area (TPSA) is 28.5 Å². The van der Waals surface area contributed by atoms with Crippen LogP contribution in [0.5, 0.6) is 0 Å². The Hall–Kier alpha value is 4.01. The SMILES string of the molecule is [Ba+2].[O-2].[Pt].[W].[Y]. The van der Waals surface area contributed by atoms with Crippen molar-refractivity contribution in [2.75, 3.05) is 0 Å². The second-order valence-electron chi connectivity index (χ2n) is 0. The van der Waals surface area contributed by atoms with Crippen LogP contribution in [0.15, 0.2) is 0 Å². The van der Waals surface area contributed by atoms with E-state index < -0.39 is 0 Å². The first kappa shape index (κ1) is 35.9. The molecule has 0 N–H and O–H groups in total. The maximum atomic E-state index is 0. The maximum Gasteiger partial charge on any atom is 2.00 e. The van der Waals surface area contributed by atoms with Crippen LogP contribution in [0, 0.1) is 0 Å². The molecular weight excluding hydrogens is 621 g/mol. The summed E-state index contributed by atoms with van der Waals surface area (Å²) in [5.74, 6) is 0. The van der Waals surface area contributed by atoms with Crippen LogP contribution in [0.3, 0.4) is 0 Å². The molecule has 1 nitrogen and oxygen atoms in total. The number of rotatable bonds is 0. The van der Waals surface area contributed by atoms with Crippen LogP contribution in [-0.4, -0.2) is 48.9 Å². The van der Waals surface area contributed by atoms with E-state index in [0.29, 0.717) is 0 Å². The molecule has 0 aromatic carbocycles. The van der Waals surface area contributed by atoms with Crippen molar-refractivity contribution in [1.82, 2.24) is 0 Å². The summed E-state index contributed by atoms with van der Waals surface area (Å²) in [4.78, 5) is 0. The van der Waals surface area contributed by atoms with Gasteiger partial charge >= 0.3 is 48.9 Å². The van der Waals surface area contributed by atoms with Gasteiger partial charge in [-0.05, 0) is 0 Å². The first-order valence-corrected chi connectivity index (χ1v) is 0. The molecule has 0 rings (SSSR count). The van der Waals surface area contributed by atoms with E-state index in [9.17, 15) is 0 Å². The summed E-state index contributed by atoms with van der Waals surface area (Å²) >= 11 is 0. The van der Waals surface area contributed by atoms with E-state index in [1.54, 1.807) is 0 Å². The Bertz CT molecular complexity index is 11.6. The minimum absolute atomic E-state index is 0. The van der Waals surface area contributed by atoms with Gasteiger partial charge in [0.1, 0.15) is 0 Å². The fraction of sp³-hybridized carbons (Fsp3) is 0. The molecule has 1 radical (unpaired) electrons. The summed E-state index contributed by atoms with van der Waals surface area (Å²) in [7, 11) is 0. The van der Waals surface area contributed by atoms with Gasteiger partial charge in [0.15, 0.2) is 0 Å². The molecule has 0 aliphatic rings. The van der Waals surface area contributed by atoms with E-state index in [2.05, 4.69) is 0 Å². The summed E-state index contributed by atoms with van der Waals surface area (Å²) in [6.45, 7) is 0. The Morgan fingerprint density at radius 3 is 1.00 bits per heavy atom. The molecule has 0 fully saturated rings. The molecule has 0 heterocycles. The quantitative estimate of drug-likeness (QED) is 0.327. The summed E-state index contributed by atoms with van der Waals surface area (Å²) < 4.78 is 0. The third-order valence-electron chi connectivity index (χ3n) is 0. The van der Waals surface area contributed by atoms with E-state index >= 15 is 0 Å². The van der Waals surface area contributed by atoms with E-state index in [0.717, 1.165) is 0 Å². The maximum absolute atomic E-state index is 0. The molecule has 0 bridgehead atoms. The zero-order valence-corrected chi connectivity index (χ0v) is 14.9. The van der Waals surface area contributed by atoms with Crippen LogP contribution >= 0.6 is 0 Å². The standard InChI is InChI=1S/Ba.O.Pt.W.Y/q+2;-2;;;. The molecule has 0 saturated carbocycles. The van der Waals surface area contributed by atoms with Gasteiger partial charge < -0.3 is 5.48 Å². The second kappa shape index (κ2) is 24.5. The molecule has 0 saturated heterocycles. The van der Waals surface area contributed by atoms with Crippen LogP contribution in [0.25, 0.3) is 0 Å². The average molecular weight is 621 g/mol. The van der Waals surface area contributed by atoms with Gasteiger partial charge in [-0.2, -0.15) is 0 Å². The molecule has 0 aromatic rings. The normalized spacial score (nSPS) is 0. The molecule has 0 amide bonds. The van der Waals surface area contributed by atoms with Crippen molar-refractivity contribution in [3.8, 4) is 0 Å². The van der Waals surface area contributed by atoms with Crippen molar-refractivity contribution in [2.24, 2.45) is 0 Å². The monoisotopic (exact) mass is 622 g/mol. The fourth-order valence-corrected chi connectivity index (χ4v) is 0. The molecular formula is BaOPtWY. The summed E-state index contributed by atoms with van der Waals surface area (Å²) in [5.41, 5.74) is 0. The van der Waals surface area contributed by atoms with Gasteiger partial charge in [0.25, 0.3) is 0 Å². The zero-order valence-electron chi connectivity index (χ0n) is 2.42. The minimum atomic E-state index is 0. The third kappa shape index (κ3) is 18.0. The number of hydrogen-bond acceptors (Lipinski definition) is 0. The van der Waals surface area contributed by atoms with Crippen molar-refractivity contribution in [3.05, 3.63) is 0 Å². The van der Waals surface area contributed by atoms with E-state index in [1.165, 1.54) is 0 Å². The van der Waals surface area contributed by atoms with Crippen LogP contribution in [0.2, 0.25) is 0 Å². The summed E-state index contributed by atoms with van der Waals surface area (Å²) in [6.07, 6.45) is 0. The fourth-order valence-electron chi connectivity index (χ4n) is 0.